The van der Waals surface area contributed by atoms with Crippen molar-refractivity contribution in [3.8, 4) is 11.5 Å². The topological polar surface area (TPSA) is 72.1 Å². The Morgan fingerprint density at radius 3 is 2.44 bits per heavy atom. The smallest absolute Gasteiger partial charge is 0.193 e. The molecule has 7 heteroatoms. The van der Waals surface area contributed by atoms with E-state index < -0.39 is 0 Å². The monoisotopic (exact) mass is 456 g/mol. The van der Waals surface area contributed by atoms with Crippen molar-refractivity contribution >= 4 is 41.3 Å². The number of anilines is 2. The number of nitrogens with one attached hydrogen (secondary N) is 1. The average molecular weight is 456 g/mol. The summed E-state index contributed by atoms with van der Waals surface area (Å²) < 4.78 is 10.5. The number of hydrogen-bond acceptors (Lipinski definition) is 4. The van der Waals surface area contributed by atoms with Gasteiger partial charge in [-0.15, -0.1) is 24.0 Å². The van der Waals surface area contributed by atoms with Gasteiger partial charge in [-0.05, 0) is 29.8 Å². The van der Waals surface area contributed by atoms with Crippen LogP contribution in [0.4, 0.5) is 11.4 Å². The number of ether oxygens (including phenoxy) is 2. The van der Waals surface area contributed by atoms with E-state index in [0.717, 1.165) is 16.9 Å². The van der Waals surface area contributed by atoms with Crippen LogP contribution in [0, 0.1) is 0 Å². The Bertz CT molecular complexity index is 720. The lowest BCUT2D eigenvalue weighted by atomic mass is 10.2. The van der Waals surface area contributed by atoms with E-state index in [4.69, 9.17) is 15.2 Å². The zero-order chi connectivity index (χ0) is 17.5. The van der Waals surface area contributed by atoms with Crippen molar-refractivity contribution in [3.63, 3.8) is 0 Å². The maximum atomic E-state index is 5.97. The van der Waals surface area contributed by atoms with Crippen LogP contribution in [0.15, 0.2) is 47.5 Å². The van der Waals surface area contributed by atoms with Crippen LogP contribution in [-0.4, -0.2) is 34.3 Å². The van der Waals surface area contributed by atoms with Gasteiger partial charge in [0.05, 0.1) is 20.8 Å². The first kappa shape index (κ1) is 20.9. The van der Waals surface area contributed by atoms with E-state index in [-0.39, 0.29) is 24.0 Å². The predicted octanol–water partition coefficient (Wildman–Crippen LogP) is 3.31. The van der Waals surface area contributed by atoms with Gasteiger partial charge in [0, 0.05) is 31.5 Å². The zero-order valence-electron chi connectivity index (χ0n) is 14.9. The number of halogens is 1. The number of nitrogens with zero attached hydrogens (tertiary/aromatic N) is 2. The maximum Gasteiger partial charge on any atom is 0.193 e. The van der Waals surface area contributed by atoms with Gasteiger partial charge >= 0.3 is 0 Å². The first-order chi connectivity index (χ1) is 11.5. The lowest BCUT2D eigenvalue weighted by Crippen LogP contribution is -2.22. The summed E-state index contributed by atoms with van der Waals surface area (Å²) in [4.78, 5) is 6.43. The number of aliphatic imine (C=N–C) groups is 1. The van der Waals surface area contributed by atoms with E-state index in [1.165, 1.54) is 0 Å². The molecular weight excluding hydrogens is 431 g/mol. The molecule has 0 unspecified atom stereocenters. The summed E-state index contributed by atoms with van der Waals surface area (Å²) in [7, 11) is 7.21. The average Bonchev–Trinajstić information content (AvgIpc) is 2.60. The Labute approximate surface area is 166 Å². The van der Waals surface area contributed by atoms with E-state index in [9.17, 15) is 0 Å². The summed E-state index contributed by atoms with van der Waals surface area (Å²) in [6.45, 7) is 0.508. The number of hydrogen-bond donors (Lipinski definition) is 2. The second-order valence-corrected chi connectivity index (χ2v) is 5.46. The first-order valence-corrected chi connectivity index (χ1v) is 7.58. The molecule has 136 valence electrons. The van der Waals surface area contributed by atoms with Crippen LogP contribution in [0.3, 0.4) is 0 Å². The van der Waals surface area contributed by atoms with Gasteiger partial charge in [0.1, 0.15) is 0 Å². The van der Waals surface area contributed by atoms with E-state index >= 15 is 0 Å². The van der Waals surface area contributed by atoms with Crippen LogP contribution in [-0.2, 0) is 6.54 Å². The summed E-state index contributed by atoms with van der Waals surface area (Å²) in [5, 5.41) is 3.06. The molecule has 2 aromatic carbocycles. The third kappa shape index (κ3) is 6.00. The summed E-state index contributed by atoms with van der Waals surface area (Å²) in [5.41, 5.74) is 8.99. The van der Waals surface area contributed by atoms with Crippen LogP contribution in [0.25, 0.3) is 0 Å². The van der Waals surface area contributed by atoms with Gasteiger partial charge in [-0.25, -0.2) is 4.99 Å². The molecule has 6 nitrogen and oxygen atoms in total. The minimum atomic E-state index is 0. The molecule has 2 rings (SSSR count). The Balaban J connectivity index is 0.00000312. The lowest BCUT2D eigenvalue weighted by molar-refractivity contribution is 0.355. The minimum Gasteiger partial charge on any atom is -0.493 e. The molecule has 0 aliphatic carbocycles. The van der Waals surface area contributed by atoms with Crippen LogP contribution in [0.1, 0.15) is 5.56 Å². The number of nitrogens with two attached hydrogens (primary N) is 1. The molecule has 3 N–H and O–H groups in total. The summed E-state index contributed by atoms with van der Waals surface area (Å²) in [6, 6.07) is 13.7. The van der Waals surface area contributed by atoms with E-state index in [2.05, 4.69) is 27.3 Å². The van der Waals surface area contributed by atoms with E-state index in [1.54, 1.807) is 14.2 Å². The molecule has 0 heterocycles. The van der Waals surface area contributed by atoms with Gasteiger partial charge in [-0.1, -0.05) is 12.1 Å². The van der Waals surface area contributed by atoms with Crippen molar-refractivity contribution < 1.29 is 9.47 Å². The van der Waals surface area contributed by atoms with Crippen molar-refractivity contribution in [1.82, 2.24) is 0 Å². The van der Waals surface area contributed by atoms with Crippen molar-refractivity contribution in [3.05, 3.63) is 48.0 Å². The summed E-state index contributed by atoms with van der Waals surface area (Å²) in [6.07, 6.45) is 0. The van der Waals surface area contributed by atoms with Gasteiger partial charge in [0.15, 0.2) is 17.5 Å². The highest BCUT2D eigenvalue weighted by Gasteiger charge is 2.05. The van der Waals surface area contributed by atoms with Crippen molar-refractivity contribution in [2.24, 2.45) is 10.7 Å². The van der Waals surface area contributed by atoms with Gasteiger partial charge in [-0.3, -0.25) is 0 Å². The van der Waals surface area contributed by atoms with Crippen LogP contribution in [0.5, 0.6) is 11.5 Å². The van der Waals surface area contributed by atoms with Gasteiger partial charge in [0.2, 0.25) is 0 Å². The standard InChI is InChI=1S/C18H24N4O2.HI/c1-22(2)15-7-5-6-13(10-15)12-20-18(19)21-14-8-9-16(23-3)17(11-14)24-4;/h5-11H,12H2,1-4H3,(H3,19,20,21);1H. The fourth-order valence-corrected chi connectivity index (χ4v) is 2.21. The zero-order valence-corrected chi connectivity index (χ0v) is 17.3. The Hall–Kier alpha value is -2.16. The van der Waals surface area contributed by atoms with Crippen LogP contribution >= 0.6 is 24.0 Å². The molecule has 0 atom stereocenters. The van der Waals surface area contributed by atoms with Gasteiger partial charge < -0.3 is 25.4 Å². The summed E-state index contributed by atoms with van der Waals surface area (Å²) in [5.74, 6) is 1.64. The SMILES string of the molecule is COc1ccc(NC(N)=NCc2cccc(N(C)C)c2)cc1OC.I. The highest BCUT2D eigenvalue weighted by atomic mass is 127. The molecule has 0 radical (unpaired) electrons. The van der Waals surface area contributed by atoms with Gasteiger partial charge in [0.25, 0.3) is 0 Å². The third-order valence-corrected chi connectivity index (χ3v) is 3.51. The number of guanidine groups is 1. The summed E-state index contributed by atoms with van der Waals surface area (Å²) >= 11 is 0. The molecule has 0 fully saturated rings. The molecule has 0 aliphatic heterocycles. The quantitative estimate of drug-likeness (QED) is 0.397. The molecule has 0 bridgehead atoms. The Kier molecular flexibility index (Phi) is 8.33. The molecule has 25 heavy (non-hydrogen) atoms. The molecule has 0 saturated carbocycles. The maximum absolute atomic E-state index is 5.97. The van der Waals surface area contributed by atoms with Gasteiger partial charge in [-0.2, -0.15) is 0 Å². The molecule has 0 aromatic heterocycles. The Morgan fingerprint density at radius 2 is 1.80 bits per heavy atom. The molecule has 0 spiro atoms. The van der Waals surface area contributed by atoms with Crippen molar-refractivity contribution in [1.29, 1.82) is 0 Å². The molecule has 0 saturated heterocycles. The number of rotatable bonds is 6. The largest absolute Gasteiger partial charge is 0.493 e. The predicted molar refractivity (Wildman–Crippen MR) is 115 cm³/mol. The molecule has 0 aliphatic rings. The second-order valence-electron chi connectivity index (χ2n) is 5.46. The van der Waals surface area contributed by atoms with Crippen molar-refractivity contribution in [2.45, 2.75) is 6.54 Å². The fourth-order valence-electron chi connectivity index (χ4n) is 2.21. The van der Waals surface area contributed by atoms with Crippen LogP contribution < -0.4 is 25.4 Å². The minimum absolute atomic E-state index is 0. The van der Waals surface area contributed by atoms with Crippen LogP contribution in [0.2, 0.25) is 0 Å². The third-order valence-electron chi connectivity index (χ3n) is 3.51. The normalized spacial score (nSPS) is 10.6. The first-order valence-electron chi connectivity index (χ1n) is 7.58. The number of methoxy groups -OCH3 is 2. The molecule has 2 aromatic rings. The van der Waals surface area contributed by atoms with E-state index in [0.29, 0.717) is 24.0 Å². The Morgan fingerprint density at radius 1 is 1.08 bits per heavy atom. The fraction of sp³-hybridized carbons (Fsp3) is 0.278. The molecular formula is C18H25IN4O2. The lowest BCUT2D eigenvalue weighted by Gasteiger charge is -2.13. The van der Waals surface area contributed by atoms with E-state index in [1.807, 2.05) is 44.4 Å². The van der Waals surface area contributed by atoms with Crippen molar-refractivity contribution in [2.75, 3.05) is 38.5 Å². The highest BCUT2D eigenvalue weighted by Crippen LogP contribution is 2.29. The molecule has 0 amide bonds. The second kappa shape index (κ2) is 9.97. The highest BCUT2D eigenvalue weighted by molar-refractivity contribution is 14.0. The number of benzene rings is 2.